The summed E-state index contributed by atoms with van der Waals surface area (Å²) in [5, 5.41) is 0. The maximum Gasteiger partial charge on any atom is 0.0352 e. The molecule has 2 aromatic carbocycles. The monoisotopic (exact) mass is 211 g/mol. The lowest BCUT2D eigenvalue weighted by Gasteiger charge is -2.09. The van der Waals surface area contributed by atoms with Gasteiger partial charge in [0.25, 0.3) is 0 Å². The van der Waals surface area contributed by atoms with E-state index in [4.69, 9.17) is 5.73 Å². The number of hydrogen-bond acceptors (Lipinski definition) is 1. The van der Waals surface area contributed by atoms with Crippen molar-refractivity contribution in [3.05, 3.63) is 53.1 Å². The lowest BCUT2D eigenvalue weighted by atomic mass is 9.98. The second kappa shape index (κ2) is 4.01. The highest BCUT2D eigenvalue weighted by Crippen LogP contribution is 2.26. The maximum atomic E-state index is 6.00. The summed E-state index contributed by atoms with van der Waals surface area (Å²) in [7, 11) is 0. The third-order valence-corrected chi connectivity index (χ3v) is 3.06. The first-order valence-corrected chi connectivity index (χ1v) is 5.51. The SMILES string of the molecule is Cc1cccc(-c2cc(C)c(C)c(N)c2)c1. The molecule has 82 valence electrons. The van der Waals surface area contributed by atoms with E-state index in [0.29, 0.717) is 0 Å². The van der Waals surface area contributed by atoms with Gasteiger partial charge in [-0.3, -0.25) is 0 Å². The molecule has 0 radical (unpaired) electrons. The van der Waals surface area contributed by atoms with Crippen molar-refractivity contribution in [2.24, 2.45) is 0 Å². The van der Waals surface area contributed by atoms with Crippen molar-refractivity contribution in [1.82, 2.24) is 0 Å². The maximum absolute atomic E-state index is 6.00. The molecule has 0 spiro atoms. The van der Waals surface area contributed by atoms with E-state index in [1.165, 1.54) is 27.8 Å². The lowest BCUT2D eigenvalue weighted by Crippen LogP contribution is -1.93. The van der Waals surface area contributed by atoms with Crippen molar-refractivity contribution < 1.29 is 0 Å². The third-order valence-electron chi connectivity index (χ3n) is 3.06. The van der Waals surface area contributed by atoms with Gasteiger partial charge in [-0.1, -0.05) is 35.9 Å². The normalized spacial score (nSPS) is 10.4. The van der Waals surface area contributed by atoms with Gasteiger partial charge in [0, 0.05) is 5.69 Å². The molecule has 0 unspecified atom stereocenters. The first kappa shape index (κ1) is 10.7. The van der Waals surface area contributed by atoms with E-state index in [-0.39, 0.29) is 0 Å². The summed E-state index contributed by atoms with van der Waals surface area (Å²) in [6, 6.07) is 12.7. The number of nitrogens with two attached hydrogens (primary N) is 1. The molecule has 0 fully saturated rings. The van der Waals surface area contributed by atoms with E-state index in [1.807, 2.05) is 0 Å². The zero-order chi connectivity index (χ0) is 11.7. The van der Waals surface area contributed by atoms with Crippen LogP contribution >= 0.6 is 0 Å². The highest BCUT2D eigenvalue weighted by molar-refractivity contribution is 5.71. The summed E-state index contributed by atoms with van der Waals surface area (Å²) in [6.45, 7) is 6.27. The summed E-state index contributed by atoms with van der Waals surface area (Å²) in [5.41, 5.74) is 13.0. The van der Waals surface area contributed by atoms with Crippen molar-refractivity contribution in [1.29, 1.82) is 0 Å². The highest BCUT2D eigenvalue weighted by atomic mass is 14.6. The number of benzene rings is 2. The van der Waals surface area contributed by atoms with Crippen LogP contribution in [0.4, 0.5) is 5.69 Å². The molecule has 0 atom stereocenters. The summed E-state index contributed by atoms with van der Waals surface area (Å²) in [4.78, 5) is 0. The van der Waals surface area contributed by atoms with Crippen LogP contribution in [-0.4, -0.2) is 0 Å². The minimum atomic E-state index is 0.872. The van der Waals surface area contributed by atoms with Crippen molar-refractivity contribution in [2.75, 3.05) is 5.73 Å². The number of aryl methyl sites for hydroxylation is 2. The van der Waals surface area contributed by atoms with E-state index >= 15 is 0 Å². The molecular weight excluding hydrogens is 194 g/mol. The van der Waals surface area contributed by atoms with Crippen molar-refractivity contribution in [2.45, 2.75) is 20.8 Å². The minimum absolute atomic E-state index is 0.872. The third kappa shape index (κ3) is 1.94. The molecule has 0 saturated carbocycles. The predicted molar refractivity (Wildman–Crippen MR) is 70.5 cm³/mol. The number of anilines is 1. The summed E-state index contributed by atoms with van der Waals surface area (Å²) >= 11 is 0. The molecule has 1 nitrogen and oxygen atoms in total. The fraction of sp³-hybridized carbons (Fsp3) is 0.200. The molecule has 0 aliphatic heterocycles. The molecule has 0 bridgehead atoms. The molecule has 16 heavy (non-hydrogen) atoms. The quantitative estimate of drug-likeness (QED) is 0.712. The van der Waals surface area contributed by atoms with Crippen LogP contribution in [0.3, 0.4) is 0 Å². The van der Waals surface area contributed by atoms with Crippen LogP contribution < -0.4 is 5.73 Å². The van der Waals surface area contributed by atoms with Crippen LogP contribution in [0.25, 0.3) is 11.1 Å². The predicted octanol–water partition coefficient (Wildman–Crippen LogP) is 3.86. The number of rotatable bonds is 1. The summed E-state index contributed by atoms with van der Waals surface area (Å²) in [5.74, 6) is 0. The van der Waals surface area contributed by atoms with Crippen LogP contribution in [0.2, 0.25) is 0 Å². The van der Waals surface area contributed by atoms with Crippen LogP contribution in [-0.2, 0) is 0 Å². The molecule has 0 aliphatic rings. The van der Waals surface area contributed by atoms with Gasteiger partial charge in [0.15, 0.2) is 0 Å². The Morgan fingerprint density at radius 2 is 1.62 bits per heavy atom. The smallest absolute Gasteiger partial charge is 0.0352 e. The topological polar surface area (TPSA) is 26.0 Å². The Morgan fingerprint density at radius 1 is 0.875 bits per heavy atom. The lowest BCUT2D eigenvalue weighted by molar-refractivity contribution is 1.34. The Morgan fingerprint density at radius 3 is 2.25 bits per heavy atom. The molecule has 0 aromatic heterocycles. The zero-order valence-corrected chi connectivity index (χ0v) is 10.0. The molecule has 0 amide bonds. The van der Waals surface area contributed by atoms with E-state index in [2.05, 4.69) is 57.2 Å². The highest BCUT2D eigenvalue weighted by Gasteiger charge is 2.03. The fourth-order valence-corrected chi connectivity index (χ4v) is 1.88. The van der Waals surface area contributed by atoms with Gasteiger partial charge >= 0.3 is 0 Å². The first-order chi connectivity index (χ1) is 7.58. The molecule has 2 rings (SSSR count). The van der Waals surface area contributed by atoms with E-state index < -0.39 is 0 Å². The van der Waals surface area contributed by atoms with Crippen molar-refractivity contribution in [3.8, 4) is 11.1 Å². The Bertz CT molecular complexity index is 504. The zero-order valence-electron chi connectivity index (χ0n) is 10.0. The largest absolute Gasteiger partial charge is 0.398 e. The summed E-state index contributed by atoms with van der Waals surface area (Å²) < 4.78 is 0. The van der Waals surface area contributed by atoms with Gasteiger partial charge in [-0.25, -0.2) is 0 Å². The average molecular weight is 211 g/mol. The Balaban J connectivity index is 2.57. The van der Waals surface area contributed by atoms with Crippen LogP contribution in [0.1, 0.15) is 16.7 Å². The van der Waals surface area contributed by atoms with Gasteiger partial charge < -0.3 is 5.73 Å². The molecule has 0 heterocycles. The van der Waals surface area contributed by atoms with Gasteiger partial charge in [0.1, 0.15) is 0 Å². The van der Waals surface area contributed by atoms with Gasteiger partial charge in [-0.15, -0.1) is 0 Å². The van der Waals surface area contributed by atoms with E-state index in [0.717, 1.165) is 5.69 Å². The van der Waals surface area contributed by atoms with Crippen LogP contribution in [0.15, 0.2) is 36.4 Å². The van der Waals surface area contributed by atoms with E-state index in [9.17, 15) is 0 Å². The van der Waals surface area contributed by atoms with Crippen molar-refractivity contribution in [3.63, 3.8) is 0 Å². The molecule has 0 saturated heterocycles. The Labute approximate surface area is 96.9 Å². The molecular formula is C15H17N. The molecule has 1 heteroatoms. The van der Waals surface area contributed by atoms with Gasteiger partial charge in [0.2, 0.25) is 0 Å². The second-order valence-corrected chi connectivity index (χ2v) is 4.38. The number of nitrogen functional groups attached to an aromatic ring is 1. The standard InChI is InChI=1S/C15H17N/c1-10-5-4-6-13(7-10)14-8-11(2)12(3)15(16)9-14/h4-9H,16H2,1-3H3. The van der Waals surface area contributed by atoms with Gasteiger partial charge in [0.05, 0.1) is 0 Å². The first-order valence-electron chi connectivity index (χ1n) is 5.51. The van der Waals surface area contributed by atoms with Crippen LogP contribution in [0, 0.1) is 20.8 Å². The molecule has 2 N–H and O–H groups in total. The Hall–Kier alpha value is -1.76. The Kier molecular flexibility index (Phi) is 2.69. The fourth-order valence-electron chi connectivity index (χ4n) is 1.88. The molecule has 0 aliphatic carbocycles. The summed E-state index contributed by atoms with van der Waals surface area (Å²) in [6.07, 6.45) is 0. The second-order valence-electron chi connectivity index (χ2n) is 4.38. The van der Waals surface area contributed by atoms with Gasteiger partial charge in [-0.05, 0) is 49.1 Å². The number of hydrogen-bond donors (Lipinski definition) is 1. The molecule has 2 aromatic rings. The average Bonchev–Trinajstić information content (AvgIpc) is 2.25. The van der Waals surface area contributed by atoms with Gasteiger partial charge in [-0.2, -0.15) is 0 Å². The minimum Gasteiger partial charge on any atom is -0.398 e. The van der Waals surface area contributed by atoms with Crippen molar-refractivity contribution >= 4 is 5.69 Å². The van der Waals surface area contributed by atoms with Crippen LogP contribution in [0.5, 0.6) is 0 Å². The van der Waals surface area contributed by atoms with E-state index in [1.54, 1.807) is 0 Å².